The van der Waals surface area contributed by atoms with Crippen molar-refractivity contribution in [2.45, 2.75) is 66.4 Å². The molecular weight excluding hydrogens is 198 g/mol. The summed E-state index contributed by atoms with van der Waals surface area (Å²) in [4.78, 5) is 0. The molecule has 98 valence electrons. The lowest BCUT2D eigenvalue weighted by Gasteiger charge is -2.31. The zero-order chi connectivity index (χ0) is 12.7. The largest absolute Gasteiger partial charge is 0.376 e. The van der Waals surface area contributed by atoms with Gasteiger partial charge in [0.1, 0.15) is 0 Å². The first-order valence-electron chi connectivity index (χ1n) is 6.67. The van der Waals surface area contributed by atoms with Crippen molar-refractivity contribution in [2.24, 2.45) is 5.41 Å². The van der Waals surface area contributed by atoms with Gasteiger partial charge < -0.3 is 10.1 Å². The van der Waals surface area contributed by atoms with Gasteiger partial charge in [-0.2, -0.15) is 0 Å². The summed E-state index contributed by atoms with van der Waals surface area (Å²) in [7, 11) is 0. The third kappa shape index (κ3) is 8.12. The minimum atomic E-state index is -0.00862. The van der Waals surface area contributed by atoms with Gasteiger partial charge in [0, 0.05) is 13.2 Å². The quantitative estimate of drug-likeness (QED) is 0.686. The van der Waals surface area contributed by atoms with E-state index in [1.165, 1.54) is 12.8 Å². The van der Waals surface area contributed by atoms with Crippen LogP contribution in [0.5, 0.6) is 0 Å². The van der Waals surface area contributed by atoms with Crippen molar-refractivity contribution in [3.05, 3.63) is 0 Å². The minimum Gasteiger partial charge on any atom is -0.376 e. The second-order valence-corrected chi connectivity index (χ2v) is 6.05. The third-order valence-electron chi connectivity index (χ3n) is 2.90. The molecule has 0 spiro atoms. The molecular formula is C14H31NO. The molecule has 2 nitrogen and oxygen atoms in total. The normalized spacial score (nSPS) is 16.1. The molecule has 0 aliphatic carbocycles. The van der Waals surface area contributed by atoms with Gasteiger partial charge in [-0.25, -0.2) is 0 Å². The molecule has 0 aromatic heterocycles. The van der Waals surface area contributed by atoms with Crippen molar-refractivity contribution in [1.82, 2.24) is 5.32 Å². The predicted octanol–water partition coefficient (Wildman–Crippen LogP) is 3.61. The molecule has 0 fully saturated rings. The number of ether oxygens (including phenoxy) is 1. The van der Waals surface area contributed by atoms with E-state index in [1.807, 2.05) is 0 Å². The zero-order valence-corrected chi connectivity index (χ0v) is 12.2. The average molecular weight is 229 g/mol. The first-order valence-corrected chi connectivity index (χ1v) is 6.67. The summed E-state index contributed by atoms with van der Waals surface area (Å²) in [5.41, 5.74) is 0.376. The van der Waals surface area contributed by atoms with Crippen LogP contribution in [-0.4, -0.2) is 25.3 Å². The average Bonchev–Trinajstić information content (AvgIpc) is 2.13. The molecule has 1 N–H and O–H groups in total. The van der Waals surface area contributed by atoms with Crippen molar-refractivity contribution in [3.63, 3.8) is 0 Å². The van der Waals surface area contributed by atoms with Crippen LogP contribution < -0.4 is 5.32 Å². The van der Waals surface area contributed by atoms with Gasteiger partial charge in [-0.1, -0.05) is 27.2 Å². The Labute approximate surface area is 102 Å². The van der Waals surface area contributed by atoms with Gasteiger partial charge in [0.15, 0.2) is 0 Å². The Bertz CT molecular complexity index is 174. The van der Waals surface area contributed by atoms with Crippen molar-refractivity contribution in [1.29, 1.82) is 0 Å². The molecule has 0 saturated carbocycles. The van der Waals surface area contributed by atoms with Crippen LogP contribution in [-0.2, 0) is 4.74 Å². The van der Waals surface area contributed by atoms with E-state index in [0.29, 0.717) is 5.41 Å². The van der Waals surface area contributed by atoms with Crippen LogP contribution in [0.4, 0.5) is 0 Å². The Morgan fingerprint density at radius 1 is 1.00 bits per heavy atom. The fraction of sp³-hybridized carbons (Fsp3) is 1.00. The summed E-state index contributed by atoms with van der Waals surface area (Å²) in [6.07, 6.45) is 3.66. The number of nitrogens with one attached hydrogen (secondary N) is 1. The van der Waals surface area contributed by atoms with E-state index >= 15 is 0 Å². The fourth-order valence-corrected chi connectivity index (χ4v) is 1.94. The molecule has 0 heterocycles. The van der Waals surface area contributed by atoms with E-state index in [4.69, 9.17) is 4.74 Å². The standard InChI is InChI=1S/C14H31NO/c1-7-9-14(6,12-15-8-2)10-11-16-13(3,4)5/h15H,7-12H2,1-6H3. The van der Waals surface area contributed by atoms with Gasteiger partial charge in [0.05, 0.1) is 5.60 Å². The number of hydrogen-bond donors (Lipinski definition) is 1. The molecule has 2 heteroatoms. The van der Waals surface area contributed by atoms with E-state index in [-0.39, 0.29) is 5.60 Å². The van der Waals surface area contributed by atoms with Gasteiger partial charge in [-0.05, 0) is 45.6 Å². The summed E-state index contributed by atoms with van der Waals surface area (Å²) in [6.45, 7) is 16.2. The van der Waals surface area contributed by atoms with E-state index < -0.39 is 0 Å². The Morgan fingerprint density at radius 2 is 1.62 bits per heavy atom. The first-order chi connectivity index (χ1) is 7.33. The third-order valence-corrected chi connectivity index (χ3v) is 2.90. The highest BCUT2D eigenvalue weighted by atomic mass is 16.5. The number of hydrogen-bond acceptors (Lipinski definition) is 2. The molecule has 0 aliphatic rings. The predicted molar refractivity (Wildman–Crippen MR) is 71.9 cm³/mol. The molecule has 0 radical (unpaired) electrons. The van der Waals surface area contributed by atoms with Crippen molar-refractivity contribution >= 4 is 0 Å². The van der Waals surface area contributed by atoms with Crippen LogP contribution in [0.2, 0.25) is 0 Å². The smallest absolute Gasteiger partial charge is 0.0598 e. The van der Waals surface area contributed by atoms with E-state index in [2.05, 4.69) is 46.9 Å². The maximum Gasteiger partial charge on any atom is 0.0598 e. The van der Waals surface area contributed by atoms with E-state index in [1.54, 1.807) is 0 Å². The SMILES string of the molecule is CCCC(C)(CCOC(C)(C)C)CNCC. The first kappa shape index (κ1) is 15.9. The second-order valence-electron chi connectivity index (χ2n) is 6.05. The summed E-state index contributed by atoms with van der Waals surface area (Å²) in [5, 5.41) is 3.47. The number of rotatable bonds is 8. The topological polar surface area (TPSA) is 21.3 Å². The Hall–Kier alpha value is -0.0800. The lowest BCUT2D eigenvalue weighted by molar-refractivity contribution is -0.0179. The van der Waals surface area contributed by atoms with Gasteiger partial charge in [0.25, 0.3) is 0 Å². The van der Waals surface area contributed by atoms with Gasteiger partial charge in [-0.15, -0.1) is 0 Å². The summed E-state index contributed by atoms with van der Waals surface area (Å²) in [6, 6.07) is 0. The molecule has 0 aromatic rings. The maximum atomic E-state index is 5.82. The Morgan fingerprint density at radius 3 is 2.06 bits per heavy atom. The molecule has 0 aliphatic heterocycles. The maximum absolute atomic E-state index is 5.82. The molecule has 1 atom stereocenters. The highest BCUT2D eigenvalue weighted by Gasteiger charge is 2.23. The molecule has 0 bridgehead atoms. The molecule has 0 saturated heterocycles. The van der Waals surface area contributed by atoms with Crippen LogP contribution in [0.1, 0.15) is 60.8 Å². The summed E-state index contributed by atoms with van der Waals surface area (Å²) in [5.74, 6) is 0. The van der Waals surface area contributed by atoms with Crippen LogP contribution in [0.15, 0.2) is 0 Å². The Kier molecular flexibility index (Phi) is 7.25. The van der Waals surface area contributed by atoms with Gasteiger partial charge in [-0.3, -0.25) is 0 Å². The summed E-state index contributed by atoms with van der Waals surface area (Å²) >= 11 is 0. The molecule has 1 unspecified atom stereocenters. The van der Waals surface area contributed by atoms with Crippen LogP contribution in [0.25, 0.3) is 0 Å². The van der Waals surface area contributed by atoms with Gasteiger partial charge in [0.2, 0.25) is 0 Å². The summed E-state index contributed by atoms with van der Waals surface area (Å²) < 4.78 is 5.82. The van der Waals surface area contributed by atoms with E-state index in [0.717, 1.165) is 26.1 Å². The second kappa shape index (κ2) is 7.29. The lowest BCUT2D eigenvalue weighted by Crippen LogP contribution is -2.34. The molecule has 0 rings (SSSR count). The van der Waals surface area contributed by atoms with E-state index in [9.17, 15) is 0 Å². The lowest BCUT2D eigenvalue weighted by atomic mass is 9.82. The van der Waals surface area contributed by atoms with Crippen LogP contribution in [0.3, 0.4) is 0 Å². The molecule has 0 aromatic carbocycles. The van der Waals surface area contributed by atoms with Crippen molar-refractivity contribution < 1.29 is 4.74 Å². The highest BCUT2D eigenvalue weighted by Crippen LogP contribution is 2.27. The molecule has 0 amide bonds. The monoisotopic (exact) mass is 229 g/mol. The van der Waals surface area contributed by atoms with Crippen LogP contribution in [0, 0.1) is 5.41 Å². The highest BCUT2D eigenvalue weighted by molar-refractivity contribution is 4.76. The van der Waals surface area contributed by atoms with Crippen molar-refractivity contribution in [2.75, 3.05) is 19.7 Å². The molecule has 16 heavy (non-hydrogen) atoms. The fourth-order valence-electron chi connectivity index (χ4n) is 1.94. The Balaban J connectivity index is 4.01. The minimum absolute atomic E-state index is 0.00862. The van der Waals surface area contributed by atoms with Crippen molar-refractivity contribution in [3.8, 4) is 0 Å². The van der Waals surface area contributed by atoms with Crippen LogP contribution >= 0.6 is 0 Å². The van der Waals surface area contributed by atoms with Gasteiger partial charge >= 0.3 is 0 Å². The zero-order valence-electron chi connectivity index (χ0n) is 12.2.